The molecule has 2 aromatic heterocycles. The fourth-order valence-electron chi connectivity index (χ4n) is 2.51. The quantitative estimate of drug-likeness (QED) is 0.795. The van der Waals surface area contributed by atoms with E-state index in [1.54, 1.807) is 24.5 Å². The van der Waals surface area contributed by atoms with Gasteiger partial charge >= 0.3 is 0 Å². The van der Waals surface area contributed by atoms with E-state index in [-0.39, 0.29) is 18.0 Å². The van der Waals surface area contributed by atoms with Crippen molar-refractivity contribution in [2.45, 2.75) is 20.4 Å². The van der Waals surface area contributed by atoms with Crippen molar-refractivity contribution in [2.75, 3.05) is 5.32 Å². The van der Waals surface area contributed by atoms with Crippen LogP contribution in [-0.4, -0.2) is 20.7 Å². The molecule has 0 atom stereocenters. The van der Waals surface area contributed by atoms with Crippen molar-refractivity contribution in [1.29, 1.82) is 0 Å². The third-order valence-corrected chi connectivity index (χ3v) is 3.77. The summed E-state index contributed by atoms with van der Waals surface area (Å²) in [5, 5.41) is 7.09. The van der Waals surface area contributed by atoms with Gasteiger partial charge in [-0.1, -0.05) is 17.7 Å². The van der Waals surface area contributed by atoms with Crippen LogP contribution in [0.5, 0.6) is 0 Å². The molecule has 0 bridgehead atoms. The number of nitrogens with zero attached hydrogens (tertiary/aromatic N) is 3. The minimum atomic E-state index is -0.330. The minimum Gasteiger partial charge on any atom is -0.324 e. The first-order valence-corrected chi connectivity index (χ1v) is 7.88. The first-order valence-electron chi connectivity index (χ1n) is 7.88. The maximum absolute atomic E-state index is 12.3. The van der Waals surface area contributed by atoms with Gasteiger partial charge in [0.2, 0.25) is 5.91 Å². The molecule has 25 heavy (non-hydrogen) atoms. The summed E-state index contributed by atoms with van der Waals surface area (Å²) in [5.41, 5.74) is 3.86. The summed E-state index contributed by atoms with van der Waals surface area (Å²) in [5.74, 6) is -0.301. The summed E-state index contributed by atoms with van der Waals surface area (Å²) < 4.78 is 1.15. The largest absolute Gasteiger partial charge is 0.324 e. The fraction of sp³-hybridized carbons (Fsp3) is 0.158. The summed E-state index contributed by atoms with van der Waals surface area (Å²) >= 11 is 0. The molecule has 3 rings (SSSR count). The Morgan fingerprint density at radius 3 is 2.72 bits per heavy atom. The molecule has 1 aromatic carbocycles. The maximum atomic E-state index is 12.3. The number of pyridine rings is 1. The number of nitrogens with one attached hydrogen (secondary N) is 1. The smallest absolute Gasteiger partial charge is 0.267 e. The van der Waals surface area contributed by atoms with Crippen molar-refractivity contribution >= 4 is 11.6 Å². The molecule has 0 fully saturated rings. The number of aromatic nitrogens is 3. The zero-order valence-electron chi connectivity index (χ0n) is 14.1. The van der Waals surface area contributed by atoms with E-state index in [1.807, 2.05) is 38.1 Å². The molecule has 126 valence electrons. The standard InChI is InChI=1S/C19H18N4O2/c1-13-5-6-16(14(2)10-13)21-18(24)12-23-19(25)8-7-17(22-23)15-4-3-9-20-11-15/h3-11H,12H2,1-2H3,(H,21,24). The lowest BCUT2D eigenvalue weighted by atomic mass is 10.1. The number of hydrogen-bond acceptors (Lipinski definition) is 4. The molecule has 1 N–H and O–H groups in total. The molecule has 6 heteroatoms. The number of aryl methyl sites for hydroxylation is 2. The number of carbonyl (C=O) groups is 1. The Bertz CT molecular complexity index is 965. The van der Waals surface area contributed by atoms with Crippen molar-refractivity contribution in [2.24, 2.45) is 0 Å². The van der Waals surface area contributed by atoms with Crippen LogP contribution in [0.15, 0.2) is 59.7 Å². The highest BCUT2D eigenvalue weighted by molar-refractivity contribution is 5.91. The van der Waals surface area contributed by atoms with Gasteiger partial charge in [0.05, 0.1) is 5.69 Å². The van der Waals surface area contributed by atoms with Crippen LogP contribution < -0.4 is 10.9 Å². The van der Waals surface area contributed by atoms with Gasteiger partial charge in [-0.3, -0.25) is 14.6 Å². The molecular formula is C19H18N4O2. The van der Waals surface area contributed by atoms with Crippen molar-refractivity contribution in [3.63, 3.8) is 0 Å². The second-order valence-electron chi connectivity index (χ2n) is 5.82. The Kier molecular flexibility index (Phi) is 4.70. The zero-order chi connectivity index (χ0) is 17.8. The van der Waals surface area contributed by atoms with E-state index in [2.05, 4.69) is 15.4 Å². The van der Waals surface area contributed by atoms with Crippen LogP contribution in [0.4, 0.5) is 5.69 Å². The van der Waals surface area contributed by atoms with Gasteiger partial charge in [-0.05, 0) is 43.7 Å². The highest BCUT2D eigenvalue weighted by Crippen LogP contribution is 2.16. The van der Waals surface area contributed by atoms with Crippen molar-refractivity contribution in [3.05, 3.63) is 76.3 Å². The lowest BCUT2D eigenvalue weighted by Gasteiger charge is -2.10. The van der Waals surface area contributed by atoms with E-state index >= 15 is 0 Å². The number of anilines is 1. The van der Waals surface area contributed by atoms with Gasteiger partial charge in [0.25, 0.3) is 5.56 Å². The molecule has 0 aliphatic rings. The van der Waals surface area contributed by atoms with Crippen LogP contribution in [0.1, 0.15) is 11.1 Å². The highest BCUT2D eigenvalue weighted by atomic mass is 16.2. The summed E-state index contributed by atoms with van der Waals surface area (Å²) in [4.78, 5) is 28.3. The number of benzene rings is 1. The van der Waals surface area contributed by atoms with E-state index in [0.29, 0.717) is 5.69 Å². The van der Waals surface area contributed by atoms with Crippen LogP contribution in [0.2, 0.25) is 0 Å². The summed E-state index contributed by atoms with van der Waals surface area (Å²) in [6.45, 7) is 3.77. The first kappa shape index (κ1) is 16.6. The van der Waals surface area contributed by atoms with Crippen LogP contribution in [0, 0.1) is 13.8 Å². The number of carbonyl (C=O) groups excluding carboxylic acids is 1. The lowest BCUT2D eigenvalue weighted by molar-refractivity contribution is -0.117. The number of rotatable bonds is 4. The zero-order valence-corrected chi connectivity index (χ0v) is 14.1. The molecule has 0 saturated heterocycles. The number of amides is 1. The van der Waals surface area contributed by atoms with Crippen molar-refractivity contribution in [3.8, 4) is 11.3 Å². The van der Waals surface area contributed by atoms with Gasteiger partial charge in [-0.2, -0.15) is 5.10 Å². The van der Waals surface area contributed by atoms with E-state index in [1.165, 1.54) is 6.07 Å². The van der Waals surface area contributed by atoms with Gasteiger partial charge in [0, 0.05) is 29.7 Å². The van der Waals surface area contributed by atoms with Gasteiger partial charge < -0.3 is 5.32 Å². The Labute approximate surface area is 145 Å². The maximum Gasteiger partial charge on any atom is 0.267 e. The molecule has 0 spiro atoms. The van der Waals surface area contributed by atoms with Crippen molar-refractivity contribution in [1.82, 2.24) is 14.8 Å². The fourth-order valence-corrected chi connectivity index (χ4v) is 2.51. The summed E-state index contributed by atoms with van der Waals surface area (Å²) in [6, 6.07) is 12.4. The van der Waals surface area contributed by atoms with Crippen molar-refractivity contribution < 1.29 is 4.79 Å². The SMILES string of the molecule is Cc1ccc(NC(=O)Cn2nc(-c3cccnc3)ccc2=O)c(C)c1. The lowest BCUT2D eigenvalue weighted by Crippen LogP contribution is -2.29. The van der Waals surface area contributed by atoms with Gasteiger partial charge in [-0.25, -0.2) is 4.68 Å². The molecule has 0 aliphatic heterocycles. The number of hydrogen-bond donors (Lipinski definition) is 1. The minimum absolute atomic E-state index is 0.153. The molecule has 0 saturated carbocycles. The molecule has 0 aliphatic carbocycles. The third-order valence-electron chi connectivity index (χ3n) is 3.77. The topological polar surface area (TPSA) is 76.9 Å². The summed E-state index contributed by atoms with van der Waals surface area (Å²) in [6.07, 6.45) is 3.32. The van der Waals surface area contributed by atoms with Gasteiger partial charge in [-0.15, -0.1) is 0 Å². The van der Waals surface area contributed by atoms with E-state index in [0.717, 1.165) is 27.1 Å². The molecule has 0 unspecified atom stereocenters. The highest BCUT2D eigenvalue weighted by Gasteiger charge is 2.09. The van der Waals surface area contributed by atoms with Crippen LogP contribution in [0.3, 0.4) is 0 Å². The molecule has 2 heterocycles. The second-order valence-corrected chi connectivity index (χ2v) is 5.82. The Morgan fingerprint density at radius 2 is 2.00 bits per heavy atom. The Balaban J connectivity index is 1.80. The van der Waals surface area contributed by atoms with Crippen LogP contribution in [0.25, 0.3) is 11.3 Å². The molecule has 0 radical (unpaired) electrons. The monoisotopic (exact) mass is 334 g/mol. The third kappa shape index (κ3) is 3.98. The average molecular weight is 334 g/mol. The average Bonchev–Trinajstić information content (AvgIpc) is 2.60. The molecule has 6 nitrogen and oxygen atoms in total. The van der Waals surface area contributed by atoms with E-state index < -0.39 is 0 Å². The second kappa shape index (κ2) is 7.09. The molecular weight excluding hydrogens is 316 g/mol. The Hall–Kier alpha value is -3.28. The molecule has 1 amide bonds. The summed E-state index contributed by atoms with van der Waals surface area (Å²) in [7, 11) is 0. The normalized spacial score (nSPS) is 10.5. The predicted molar refractivity (Wildman–Crippen MR) is 96.3 cm³/mol. The van der Waals surface area contributed by atoms with Gasteiger partial charge in [0.1, 0.15) is 6.54 Å². The molecule has 3 aromatic rings. The predicted octanol–water partition coefficient (Wildman–Crippen LogP) is 2.56. The van der Waals surface area contributed by atoms with E-state index in [9.17, 15) is 9.59 Å². The van der Waals surface area contributed by atoms with Crippen LogP contribution in [-0.2, 0) is 11.3 Å². The van der Waals surface area contributed by atoms with E-state index in [4.69, 9.17) is 0 Å². The first-order chi connectivity index (χ1) is 12.0. The Morgan fingerprint density at radius 1 is 1.16 bits per heavy atom. The van der Waals surface area contributed by atoms with Gasteiger partial charge in [0.15, 0.2) is 0 Å². The van der Waals surface area contributed by atoms with Crippen LogP contribution >= 0.6 is 0 Å².